The van der Waals surface area contributed by atoms with Crippen LogP contribution in [0.25, 0.3) is 6.08 Å². The zero-order chi connectivity index (χ0) is 19.4. The van der Waals surface area contributed by atoms with E-state index >= 15 is 0 Å². The molecule has 138 valence electrons. The molecular formula is C18H11Cl2NO5S. The van der Waals surface area contributed by atoms with Crippen LogP contribution in [0.3, 0.4) is 0 Å². The van der Waals surface area contributed by atoms with E-state index < -0.39 is 4.92 Å². The summed E-state index contributed by atoms with van der Waals surface area (Å²) in [4.78, 5) is 23.0. The first-order valence-corrected chi connectivity index (χ1v) is 9.13. The summed E-state index contributed by atoms with van der Waals surface area (Å²) in [5.74, 6) is 0.807. The smallest absolute Gasteiger partial charge is 0.312 e. The molecule has 0 unspecified atom stereocenters. The van der Waals surface area contributed by atoms with Gasteiger partial charge in [-0.15, -0.1) is 11.3 Å². The van der Waals surface area contributed by atoms with Crippen LogP contribution in [0.1, 0.15) is 21.2 Å². The number of carbonyl (C=O) groups is 1. The maximum atomic E-state index is 12.0. The van der Waals surface area contributed by atoms with Crippen LogP contribution in [0.5, 0.6) is 5.75 Å². The number of halogens is 2. The van der Waals surface area contributed by atoms with Crippen LogP contribution in [-0.2, 0) is 6.61 Å². The molecular weight excluding hydrogens is 413 g/mol. The molecule has 2 heterocycles. The van der Waals surface area contributed by atoms with E-state index in [4.69, 9.17) is 32.4 Å². The number of allylic oxidation sites excluding steroid dienone is 1. The minimum absolute atomic E-state index is 0.00914. The average molecular weight is 424 g/mol. The molecule has 0 aliphatic carbocycles. The number of ether oxygens (including phenoxy) is 1. The molecule has 6 nitrogen and oxygen atoms in total. The number of furan rings is 1. The number of ketones is 1. The molecule has 0 radical (unpaired) electrons. The molecule has 27 heavy (non-hydrogen) atoms. The molecule has 0 bridgehead atoms. The molecule has 0 aliphatic heterocycles. The predicted octanol–water partition coefficient (Wildman–Crippen LogP) is 6.03. The second kappa shape index (κ2) is 8.39. The van der Waals surface area contributed by atoms with Crippen LogP contribution in [-0.4, -0.2) is 10.7 Å². The lowest BCUT2D eigenvalue weighted by atomic mass is 10.3. The number of carbonyl (C=O) groups excluding carboxylic acids is 1. The van der Waals surface area contributed by atoms with Crippen LogP contribution in [0.15, 0.2) is 53.0 Å². The first kappa shape index (κ1) is 19.2. The lowest BCUT2D eigenvalue weighted by Crippen LogP contribution is -1.98. The maximum Gasteiger partial charge on any atom is 0.312 e. The van der Waals surface area contributed by atoms with Crippen molar-refractivity contribution in [1.82, 2.24) is 0 Å². The Balaban J connectivity index is 1.64. The Morgan fingerprint density at radius 3 is 2.74 bits per heavy atom. The van der Waals surface area contributed by atoms with E-state index in [0.717, 1.165) is 0 Å². The Kier molecular flexibility index (Phi) is 5.95. The third-order valence-corrected chi connectivity index (χ3v) is 4.87. The van der Waals surface area contributed by atoms with Crippen molar-refractivity contribution in [3.63, 3.8) is 0 Å². The van der Waals surface area contributed by atoms with Gasteiger partial charge in [-0.25, -0.2) is 0 Å². The molecule has 0 aliphatic rings. The molecule has 0 saturated carbocycles. The highest BCUT2D eigenvalue weighted by Crippen LogP contribution is 2.30. The lowest BCUT2D eigenvalue weighted by Gasteiger charge is -2.05. The van der Waals surface area contributed by atoms with Crippen molar-refractivity contribution in [1.29, 1.82) is 0 Å². The Morgan fingerprint density at radius 2 is 2.04 bits per heavy atom. The quantitative estimate of drug-likeness (QED) is 0.200. The van der Waals surface area contributed by atoms with E-state index in [-0.39, 0.29) is 28.8 Å². The Morgan fingerprint density at radius 1 is 1.22 bits per heavy atom. The summed E-state index contributed by atoms with van der Waals surface area (Å²) < 4.78 is 11.5. The number of benzene rings is 1. The first-order valence-electron chi connectivity index (χ1n) is 7.55. The van der Waals surface area contributed by atoms with Gasteiger partial charge in [-0.05, 0) is 48.6 Å². The van der Waals surface area contributed by atoms with Gasteiger partial charge in [0.05, 0.1) is 14.1 Å². The molecule has 0 amide bonds. The molecule has 0 spiro atoms. The fraction of sp³-hybridized carbons (Fsp3) is 0.0556. The Hall–Kier alpha value is -2.61. The van der Waals surface area contributed by atoms with E-state index in [1.807, 2.05) is 0 Å². The van der Waals surface area contributed by atoms with Gasteiger partial charge in [0.1, 0.15) is 18.1 Å². The molecule has 1 aromatic carbocycles. The maximum absolute atomic E-state index is 12.0. The fourth-order valence-corrected chi connectivity index (χ4v) is 3.28. The van der Waals surface area contributed by atoms with Gasteiger partial charge < -0.3 is 9.15 Å². The summed E-state index contributed by atoms with van der Waals surface area (Å²) in [7, 11) is 0. The molecule has 9 heteroatoms. The normalized spacial score (nSPS) is 11.0. The zero-order valence-electron chi connectivity index (χ0n) is 13.6. The van der Waals surface area contributed by atoms with Crippen molar-refractivity contribution in [2.24, 2.45) is 0 Å². The van der Waals surface area contributed by atoms with E-state index in [9.17, 15) is 14.9 Å². The van der Waals surface area contributed by atoms with E-state index in [1.54, 1.807) is 24.3 Å². The molecule has 3 rings (SSSR count). The van der Waals surface area contributed by atoms with Gasteiger partial charge in [-0.2, -0.15) is 0 Å². The van der Waals surface area contributed by atoms with Crippen LogP contribution >= 0.6 is 34.5 Å². The van der Waals surface area contributed by atoms with E-state index in [0.29, 0.717) is 20.7 Å². The molecule has 3 aromatic rings. The van der Waals surface area contributed by atoms with Gasteiger partial charge in [0, 0.05) is 11.1 Å². The van der Waals surface area contributed by atoms with Crippen LogP contribution in [0.2, 0.25) is 9.36 Å². The van der Waals surface area contributed by atoms with Crippen LogP contribution < -0.4 is 4.74 Å². The van der Waals surface area contributed by atoms with Gasteiger partial charge in [0.15, 0.2) is 11.5 Å². The number of hydrogen-bond donors (Lipinski definition) is 0. The summed E-state index contributed by atoms with van der Waals surface area (Å²) in [5, 5.41) is 11.3. The van der Waals surface area contributed by atoms with Crippen LogP contribution in [0, 0.1) is 10.1 Å². The predicted molar refractivity (Wildman–Crippen MR) is 104 cm³/mol. The zero-order valence-corrected chi connectivity index (χ0v) is 15.9. The second-order valence-electron chi connectivity index (χ2n) is 5.26. The highest BCUT2D eigenvalue weighted by molar-refractivity contribution is 7.18. The summed E-state index contributed by atoms with van der Waals surface area (Å²) in [6.07, 6.45) is 2.92. The van der Waals surface area contributed by atoms with E-state index in [1.165, 1.54) is 41.7 Å². The van der Waals surface area contributed by atoms with Gasteiger partial charge in [-0.3, -0.25) is 14.9 Å². The van der Waals surface area contributed by atoms with Gasteiger partial charge in [-0.1, -0.05) is 23.2 Å². The molecule has 0 fully saturated rings. The topological polar surface area (TPSA) is 82.6 Å². The van der Waals surface area contributed by atoms with Crippen molar-refractivity contribution in [2.75, 3.05) is 0 Å². The third kappa shape index (κ3) is 4.97. The monoisotopic (exact) mass is 423 g/mol. The van der Waals surface area contributed by atoms with Crippen molar-refractivity contribution < 1.29 is 18.9 Å². The standard InChI is InChI=1S/C18H11Cl2NO5S/c19-11-1-6-16(14(9-11)21(23)24)25-10-13-3-2-12(26-13)4-5-15(22)17-7-8-18(20)27-17/h1-9H,10H2/b5-4+. The minimum Gasteiger partial charge on any atom is -0.479 e. The second-order valence-corrected chi connectivity index (χ2v) is 7.41. The summed E-state index contributed by atoms with van der Waals surface area (Å²) in [6.45, 7) is -0.00914. The summed E-state index contributed by atoms with van der Waals surface area (Å²) >= 11 is 12.8. The summed E-state index contributed by atoms with van der Waals surface area (Å²) in [5.41, 5.74) is -0.227. The fourth-order valence-electron chi connectivity index (χ4n) is 2.15. The van der Waals surface area contributed by atoms with Crippen molar-refractivity contribution >= 4 is 52.1 Å². The number of nitro benzene ring substituents is 1. The first-order chi connectivity index (χ1) is 12.9. The Labute approximate surface area is 167 Å². The number of hydrogen-bond acceptors (Lipinski definition) is 6. The molecule has 2 aromatic heterocycles. The van der Waals surface area contributed by atoms with Gasteiger partial charge >= 0.3 is 5.69 Å². The van der Waals surface area contributed by atoms with Crippen molar-refractivity contribution in [3.8, 4) is 5.75 Å². The van der Waals surface area contributed by atoms with Crippen molar-refractivity contribution in [2.45, 2.75) is 6.61 Å². The average Bonchev–Trinajstić information content (AvgIpc) is 3.27. The highest BCUT2D eigenvalue weighted by Gasteiger charge is 2.16. The number of thiophene rings is 1. The molecule has 0 saturated heterocycles. The van der Waals surface area contributed by atoms with Gasteiger partial charge in [0.2, 0.25) is 0 Å². The minimum atomic E-state index is -0.569. The number of rotatable bonds is 7. The lowest BCUT2D eigenvalue weighted by molar-refractivity contribution is -0.385. The van der Waals surface area contributed by atoms with Crippen molar-refractivity contribution in [3.05, 3.63) is 84.4 Å². The van der Waals surface area contributed by atoms with E-state index in [2.05, 4.69) is 0 Å². The number of nitrogens with zero attached hydrogens (tertiary/aromatic N) is 1. The highest BCUT2D eigenvalue weighted by atomic mass is 35.5. The number of nitro groups is 1. The van der Waals surface area contributed by atoms with Crippen LogP contribution in [0.4, 0.5) is 5.69 Å². The Bertz CT molecular complexity index is 1020. The SMILES string of the molecule is O=C(/C=C/c1ccc(COc2ccc(Cl)cc2[N+](=O)[O-])o1)c1ccc(Cl)s1. The molecule has 0 atom stereocenters. The third-order valence-electron chi connectivity index (χ3n) is 3.39. The summed E-state index contributed by atoms with van der Waals surface area (Å²) in [6, 6.07) is 10.8. The van der Waals surface area contributed by atoms with Gasteiger partial charge in [0.25, 0.3) is 0 Å². The molecule has 0 N–H and O–H groups in total. The largest absolute Gasteiger partial charge is 0.479 e.